The molecule has 2 heterocycles. The first kappa shape index (κ1) is 22.5. The molecule has 7 N–H and O–H groups in total. The van der Waals surface area contributed by atoms with Gasteiger partial charge in [0, 0.05) is 17.7 Å². The van der Waals surface area contributed by atoms with Gasteiger partial charge < -0.3 is 54.4 Å². The van der Waals surface area contributed by atoms with Crippen molar-refractivity contribution in [3.8, 4) is 45.8 Å². The Bertz CT molecular complexity index is 1270. The Kier molecular flexibility index (Phi) is 5.68. The quantitative estimate of drug-likeness (QED) is 0.252. The third-order valence-electron chi connectivity index (χ3n) is 5.19. The standard InChI is InChI=1S/C21H20O12/c1-30-12-3-7(2-10(25)15(12)26)19-20(33-21-18(29)16(27)13(6-22)32-21)17(28)14-9(24)4-8(23)5-11(14)31-19/h2-5,13,16,18,21-27,29H,6H2,1H3/t13-,16+,18+,21-/m1/s1. The molecule has 12 heteroatoms. The summed E-state index contributed by atoms with van der Waals surface area (Å²) < 4.78 is 21.5. The van der Waals surface area contributed by atoms with Crippen molar-refractivity contribution in [2.24, 2.45) is 0 Å². The number of hydrogen-bond acceptors (Lipinski definition) is 12. The van der Waals surface area contributed by atoms with Gasteiger partial charge in [0.25, 0.3) is 0 Å². The van der Waals surface area contributed by atoms with Crippen molar-refractivity contribution in [2.45, 2.75) is 24.6 Å². The maximum atomic E-state index is 13.3. The molecule has 0 saturated carbocycles. The molecule has 1 aliphatic rings. The Morgan fingerprint density at radius 3 is 2.36 bits per heavy atom. The average molecular weight is 464 g/mol. The number of phenolic OH excluding ortho intramolecular Hbond substituents is 4. The lowest BCUT2D eigenvalue weighted by atomic mass is 10.1. The number of ether oxygens (including phenoxy) is 3. The maximum absolute atomic E-state index is 13.3. The minimum Gasteiger partial charge on any atom is -0.508 e. The van der Waals surface area contributed by atoms with Crippen LogP contribution >= 0.6 is 0 Å². The molecule has 4 atom stereocenters. The van der Waals surface area contributed by atoms with Crippen molar-refractivity contribution in [1.29, 1.82) is 0 Å². The van der Waals surface area contributed by atoms with E-state index in [9.17, 15) is 40.5 Å². The molecule has 2 aromatic carbocycles. The molecule has 0 bridgehead atoms. The van der Waals surface area contributed by atoms with E-state index >= 15 is 0 Å². The van der Waals surface area contributed by atoms with Crippen molar-refractivity contribution in [1.82, 2.24) is 0 Å². The molecule has 0 amide bonds. The first-order valence-electron chi connectivity index (χ1n) is 9.58. The summed E-state index contributed by atoms with van der Waals surface area (Å²) in [7, 11) is 1.22. The SMILES string of the molecule is COc1cc(-c2oc3cc(O)cc(O)c3c(=O)c2O[C@H]2O[C@H](CO)[C@H](O)[C@@H]2O)cc(O)c1O. The zero-order chi connectivity index (χ0) is 24.0. The zero-order valence-corrected chi connectivity index (χ0v) is 17.0. The highest BCUT2D eigenvalue weighted by molar-refractivity contribution is 5.88. The van der Waals surface area contributed by atoms with E-state index in [1.165, 1.54) is 13.2 Å². The molecule has 0 radical (unpaired) electrons. The van der Waals surface area contributed by atoms with E-state index < -0.39 is 65.4 Å². The number of methoxy groups -OCH3 is 1. The summed E-state index contributed by atoms with van der Waals surface area (Å²) >= 11 is 0. The number of aliphatic hydroxyl groups is 3. The molecule has 0 unspecified atom stereocenters. The monoisotopic (exact) mass is 464 g/mol. The lowest BCUT2D eigenvalue weighted by Crippen LogP contribution is -2.36. The van der Waals surface area contributed by atoms with Crippen LogP contribution in [-0.2, 0) is 4.74 Å². The number of rotatable bonds is 5. The minimum absolute atomic E-state index is 0.0225. The highest BCUT2D eigenvalue weighted by Gasteiger charge is 2.44. The lowest BCUT2D eigenvalue weighted by Gasteiger charge is -2.19. The molecule has 1 fully saturated rings. The topological polar surface area (TPSA) is 200 Å². The third kappa shape index (κ3) is 3.74. The largest absolute Gasteiger partial charge is 0.508 e. The normalized spacial score (nSPS) is 22.5. The molecule has 0 spiro atoms. The van der Waals surface area contributed by atoms with E-state index in [1.807, 2.05) is 0 Å². The van der Waals surface area contributed by atoms with Crippen LogP contribution in [0.25, 0.3) is 22.3 Å². The summed E-state index contributed by atoms with van der Waals surface area (Å²) in [5, 5.41) is 69.1. The van der Waals surface area contributed by atoms with Crippen molar-refractivity contribution in [2.75, 3.05) is 13.7 Å². The van der Waals surface area contributed by atoms with Gasteiger partial charge >= 0.3 is 0 Å². The van der Waals surface area contributed by atoms with Gasteiger partial charge in [-0.25, -0.2) is 0 Å². The molecule has 12 nitrogen and oxygen atoms in total. The van der Waals surface area contributed by atoms with Crippen LogP contribution in [0.5, 0.6) is 34.5 Å². The molecular weight excluding hydrogens is 444 g/mol. The van der Waals surface area contributed by atoms with E-state index in [0.29, 0.717) is 0 Å². The van der Waals surface area contributed by atoms with Crippen LogP contribution in [0.4, 0.5) is 0 Å². The number of benzene rings is 2. The Labute approximate surface area is 184 Å². The molecule has 33 heavy (non-hydrogen) atoms. The number of aliphatic hydroxyl groups excluding tert-OH is 3. The van der Waals surface area contributed by atoms with E-state index in [2.05, 4.69) is 0 Å². The van der Waals surface area contributed by atoms with Crippen molar-refractivity contribution < 1.29 is 54.4 Å². The predicted octanol–water partition coefficient (Wildman–Crippen LogP) is 0.109. The third-order valence-corrected chi connectivity index (χ3v) is 5.19. The second kappa shape index (κ2) is 8.33. The van der Waals surface area contributed by atoms with E-state index in [4.69, 9.17) is 18.6 Å². The molecule has 0 aliphatic carbocycles. The van der Waals surface area contributed by atoms with Crippen LogP contribution in [0.2, 0.25) is 0 Å². The van der Waals surface area contributed by atoms with Crippen molar-refractivity contribution in [3.05, 3.63) is 34.5 Å². The summed E-state index contributed by atoms with van der Waals surface area (Å²) in [6.07, 6.45) is -5.97. The Morgan fingerprint density at radius 1 is 1.00 bits per heavy atom. The van der Waals surface area contributed by atoms with E-state index in [0.717, 1.165) is 18.2 Å². The molecule has 1 aromatic heterocycles. The average Bonchev–Trinajstić information content (AvgIpc) is 3.04. The van der Waals surface area contributed by atoms with Crippen LogP contribution in [0.1, 0.15) is 0 Å². The molecule has 3 aromatic rings. The summed E-state index contributed by atoms with van der Waals surface area (Å²) in [5.74, 6) is -3.34. The van der Waals surface area contributed by atoms with Crippen molar-refractivity contribution in [3.63, 3.8) is 0 Å². The maximum Gasteiger partial charge on any atom is 0.239 e. The fourth-order valence-electron chi connectivity index (χ4n) is 3.52. The first-order chi connectivity index (χ1) is 15.7. The number of aromatic hydroxyl groups is 4. The molecule has 176 valence electrons. The van der Waals surface area contributed by atoms with Gasteiger partial charge in [0.2, 0.25) is 23.2 Å². The van der Waals surface area contributed by atoms with E-state index in [-0.39, 0.29) is 28.0 Å². The Morgan fingerprint density at radius 2 is 1.73 bits per heavy atom. The van der Waals surface area contributed by atoms with Gasteiger partial charge in [-0.05, 0) is 12.1 Å². The molecule has 4 rings (SSSR count). The Balaban J connectivity index is 1.96. The molecular formula is C21H20O12. The second-order valence-electron chi connectivity index (χ2n) is 7.30. The fraction of sp³-hybridized carbons (Fsp3) is 0.286. The highest BCUT2D eigenvalue weighted by Crippen LogP contribution is 2.43. The van der Waals surface area contributed by atoms with Crippen LogP contribution in [-0.4, -0.2) is 74.1 Å². The second-order valence-corrected chi connectivity index (χ2v) is 7.30. The predicted molar refractivity (Wildman–Crippen MR) is 110 cm³/mol. The van der Waals surface area contributed by atoms with Crippen LogP contribution in [0, 0.1) is 0 Å². The summed E-state index contributed by atoms with van der Waals surface area (Å²) in [6.45, 7) is -0.639. The van der Waals surface area contributed by atoms with Gasteiger partial charge in [-0.3, -0.25) is 4.79 Å². The van der Waals surface area contributed by atoms with Crippen LogP contribution in [0.3, 0.4) is 0 Å². The zero-order valence-electron chi connectivity index (χ0n) is 17.0. The number of fused-ring (bicyclic) bond motifs is 1. The van der Waals surface area contributed by atoms with Gasteiger partial charge in [0.15, 0.2) is 17.3 Å². The summed E-state index contributed by atoms with van der Waals surface area (Å²) in [4.78, 5) is 13.3. The van der Waals surface area contributed by atoms with Crippen molar-refractivity contribution >= 4 is 11.0 Å². The lowest BCUT2D eigenvalue weighted by molar-refractivity contribution is -0.117. The van der Waals surface area contributed by atoms with Crippen LogP contribution in [0.15, 0.2) is 33.5 Å². The van der Waals surface area contributed by atoms with Gasteiger partial charge in [-0.2, -0.15) is 0 Å². The van der Waals surface area contributed by atoms with Gasteiger partial charge in [0.1, 0.15) is 40.8 Å². The molecule has 1 saturated heterocycles. The summed E-state index contributed by atoms with van der Waals surface area (Å²) in [6, 6.07) is 4.22. The van der Waals surface area contributed by atoms with Crippen LogP contribution < -0.4 is 14.9 Å². The smallest absolute Gasteiger partial charge is 0.239 e. The first-order valence-corrected chi connectivity index (χ1v) is 9.58. The minimum atomic E-state index is -1.65. The number of hydrogen-bond donors (Lipinski definition) is 7. The summed E-state index contributed by atoms with van der Waals surface area (Å²) in [5.41, 5.74) is -1.20. The number of phenols is 4. The fourth-order valence-corrected chi connectivity index (χ4v) is 3.52. The highest BCUT2D eigenvalue weighted by atomic mass is 16.7. The van der Waals surface area contributed by atoms with Gasteiger partial charge in [-0.1, -0.05) is 0 Å². The van der Waals surface area contributed by atoms with E-state index in [1.54, 1.807) is 0 Å². The molecule has 1 aliphatic heterocycles. The van der Waals surface area contributed by atoms with Gasteiger partial charge in [0.05, 0.1) is 13.7 Å². The Hall–Kier alpha value is -3.71. The van der Waals surface area contributed by atoms with Gasteiger partial charge in [-0.15, -0.1) is 0 Å².